The minimum absolute atomic E-state index is 0.00801. The molecule has 0 aliphatic carbocycles. The molecule has 6 N–H and O–H groups in total. The molecular formula is C21H24ClN9O. The summed E-state index contributed by atoms with van der Waals surface area (Å²) in [4.78, 5) is 26.5. The number of nitrogens with zero attached hydrogens (tertiary/aromatic N) is 5. The van der Waals surface area contributed by atoms with Gasteiger partial charge in [-0.15, -0.1) is 0 Å². The van der Waals surface area contributed by atoms with Crippen LogP contribution in [0.2, 0.25) is 5.02 Å². The number of anilines is 3. The van der Waals surface area contributed by atoms with Crippen molar-refractivity contribution in [3.8, 4) is 6.07 Å². The molecule has 3 aromatic rings. The van der Waals surface area contributed by atoms with Crippen LogP contribution in [0.25, 0.3) is 10.9 Å². The van der Waals surface area contributed by atoms with Gasteiger partial charge in [0.15, 0.2) is 5.82 Å². The summed E-state index contributed by atoms with van der Waals surface area (Å²) in [6.45, 7) is 3.57. The Bertz CT molecular complexity index is 1260. The topological polar surface area (TPSA) is 161 Å². The van der Waals surface area contributed by atoms with Crippen LogP contribution in [0.4, 0.5) is 17.6 Å². The summed E-state index contributed by atoms with van der Waals surface area (Å²) in [5.74, 6) is 0.708. The molecule has 1 aliphatic rings. The molecule has 2 aromatic heterocycles. The van der Waals surface area contributed by atoms with Crippen LogP contribution in [0.15, 0.2) is 23.0 Å². The molecule has 32 heavy (non-hydrogen) atoms. The van der Waals surface area contributed by atoms with Gasteiger partial charge in [0.25, 0.3) is 5.56 Å². The highest BCUT2D eigenvalue weighted by Crippen LogP contribution is 2.30. The lowest BCUT2D eigenvalue weighted by Crippen LogP contribution is -2.38. The Hall–Kier alpha value is -3.42. The SMILES string of the molecule is CCC(Nc1nc(N)nc(N)c1C#N)c1nc2cccc(Cl)c2c(=O)n1C1CCNCC1. The average Bonchev–Trinajstić information content (AvgIpc) is 2.77. The molecule has 1 fully saturated rings. The zero-order chi connectivity index (χ0) is 22.8. The molecule has 0 radical (unpaired) electrons. The first-order valence-electron chi connectivity index (χ1n) is 10.5. The van der Waals surface area contributed by atoms with Crippen molar-refractivity contribution < 1.29 is 0 Å². The van der Waals surface area contributed by atoms with Gasteiger partial charge in [0.05, 0.1) is 22.0 Å². The first-order chi connectivity index (χ1) is 15.4. The van der Waals surface area contributed by atoms with E-state index in [1.165, 1.54) is 0 Å². The van der Waals surface area contributed by atoms with Crippen LogP contribution in [0.5, 0.6) is 0 Å². The molecule has 3 heterocycles. The summed E-state index contributed by atoms with van der Waals surface area (Å²) in [6, 6.07) is 6.79. The van der Waals surface area contributed by atoms with Gasteiger partial charge in [-0.2, -0.15) is 15.2 Å². The van der Waals surface area contributed by atoms with E-state index >= 15 is 0 Å². The lowest BCUT2D eigenvalue weighted by atomic mass is 10.0. The molecule has 1 unspecified atom stereocenters. The van der Waals surface area contributed by atoms with E-state index in [1.807, 2.05) is 13.0 Å². The predicted molar refractivity (Wildman–Crippen MR) is 124 cm³/mol. The Morgan fingerprint density at radius 1 is 1.31 bits per heavy atom. The summed E-state index contributed by atoms with van der Waals surface area (Å²) < 4.78 is 1.75. The molecular weight excluding hydrogens is 430 g/mol. The normalized spacial score (nSPS) is 15.4. The summed E-state index contributed by atoms with van der Waals surface area (Å²) in [5.41, 5.74) is 12.1. The average molecular weight is 454 g/mol. The fourth-order valence-electron chi connectivity index (χ4n) is 4.11. The van der Waals surface area contributed by atoms with Crippen LogP contribution in [-0.4, -0.2) is 32.6 Å². The highest BCUT2D eigenvalue weighted by atomic mass is 35.5. The summed E-state index contributed by atoms with van der Waals surface area (Å²) in [6.07, 6.45) is 2.15. The summed E-state index contributed by atoms with van der Waals surface area (Å²) in [5, 5.41) is 16.9. The van der Waals surface area contributed by atoms with E-state index in [1.54, 1.807) is 22.8 Å². The summed E-state index contributed by atoms with van der Waals surface area (Å²) >= 11 is 6.38. The van der Waals surface area contributed by atoms with Crippen molar-refractivity contribution in [1.29, 1.82) is 5.26 Å². The van der Waals surface area contributed by atoms with E-state index < -0.39 is 6.04 Å². The number of rotatable bonds is 5. The maximum Gasteiger partial charge on any atom is 0.263 e. The first-order valence-corrected chi connectivity index (χ1v) is 10.8. The second-order valence-electron chi connectivity index (χ2n) is 7.67. The van der Waals surface area contributed by atoms with Crippen molar-refractivity contribution in [3.63, 3.8) is 0 Å². The van der Waals surface area contributed by atoms with E-state index in [0.717, 1.165) is 25.9 Å². The van der Waals surface area contributed by atoms with Crippen LogP contribution in [0.3, 0.4) is 0 Å². The minimum Gasteiger partial charge on any atom is -0.382 e. The Labute approximate surface area is 189 Å². The van der Waals surface area contributed by atoms with E-state index in [-0.39, 0.29) is 34.7 Å². The molecule has 10 nitrogen and oxygen atoms in total. The first kappa shape index (κ1) is 21.8. The van der Waals surface area contributed by atoms with Gasteiger partial charge in [0.2, 0.25) is 5.95 Å². The number of halogens is 1. The van der Waals surface area contributed by atoms with Crippen molar-refractivity contribution in [2.45, 2.75) is 38.3 Å². The Morgan fingerprint density at radius 2 is 2.06 bits per heavy atom. The molecule has 1 saturated heterocycles. The molecule has 4 rings (SSSR count). The second kappa shape index (κ2) is 8.98. The Balaban J connectivity index is 1.90. The van der Waals surface area contributed by atoms with Gasteiger partial charge in [-0.1, -0.05) is 24.6 Å². The van der Waals surface area contributed by atoms with Gasteiger partial charge in [0, 0.05) is 6.04 Å². The fraction of sp³-hybridized carbons (Fsp3) is 0.381. The molecule has 1 aromatic carbocycles. The number of nitrogen functional groups attached to an aromatic ring is 2. The zero-order valence-corrected chi connectivity index (χ0v) is 18.4. The third kappa shape index (κ3) is 3.92. The largest absolute Gasteiger partial charge is 0.382 e. The van der Waals surface area contributed by atoms with Gasteiger partial charge in [-0.3, -0.25) is 9.36 Å². The van der Waals surface area contributed by atoms with Gasteiger partial charge in [-0.05, 0) is 44.5 Å². The molecule has 0 amide bonds. The van der Waals surface area contributed by atoms with Crippen LogP contribution in [-0.2, 0) is 0 Å². The van der Waals surface area contributed by atoms with Crippen LogP contribution in [0.1, 0.15) is 49.7 Å². The number of aromatic nitrogens is 4. The van der Waals surface area contributed by atoms with E-state index in [4.69, 9.17) is 28.1 Å². The number of nitriles is 1. The maximum absolute atomic E-state index is 13.6. The molecule has 11 heteroatoms. The van der Waals surface area contributed by atoms with E-state index in [2.05, 4.69) is 20.6 Å². The molecule has 0 bridgehead atoms. The van der Waals surface area contributed by atoms with Crippen LogP contribution in [0, 0.1) is 11.3 Å². The van der Waals surface area contributed by atoms with Crippen LogP contribution < -0.4 is 27.7 Å². The maximum atomic E-state index is 13.6. The fourth-order valence-corrected chi connectivity index (χ4v) is 4.36. The molecule has 0 saturated carbocycles. The molecule has 1 aliphatic heterocycles. The number of fused-ring (bicyclic) bond motifs is 1. The van der Waals surface area contributed by atoms with E-state index in [9.17, 15) is 10.1 Å². The van der Waals surface area contributed by atoms with Gasteiger partial charge < -0.3 is 22.1 Å². The highest BCUT2D eigenvalue weighted by molar-refractivity contribution is 6.35. The van der Waals surface area contributed by atoms with Crippen LogP contribution >= 0.6 is 11.6 Å². The Morgan fingerprint density at radius 3 is 2.75 bits per heavy atom. The number of piperidine rings is 1. The number of hydrogen-bond acceptors (Lipinski definition) is 9. The predicted octanol–water partition coefficient (Wildman–Crippen LogP) is 2.36. The lowest BCUT2D eigenvalue weighted by molar-refractivity contribution is 0.345. The minimum atomic E-state index is -0.429. The zero-order valence-electron chi connectivity index (χ0n) is 17.6. The smallest absolute Gasteiger partial charge is 0.263 e. The number of nitrogens with two attached hydrogens (primary N) is 2. The van der Waals surface area contributed by atoms with Crippen molar-refractivity contribution in [2.75, 3.05) is 29.9 Å². The number of benzene rings is 1. The third-order valence-electron chi connectivity index (χ3n) is 5.68. The standard InChI is InChI=1S/C21H24ClN9O/c1-2-14(27-18-12(10-23)17(24)29-21(25)30-18)19-28-15-5-3-4-13(22)16(15)20(32)31(19)11-6-8-26-9-7-11/h3-5,11,14,26H,2,6-9H2,1H3,(H5,24,25,27,29,30). The van der Waals surface area contributed by atoms with Crippen molar-refractivity contribution in [2.24, 2.45) is 0 Å². The second-order valence-corrected chi connectivity index (χ2v) is 8.08. The van der Waals surface area contributed by atoms with Gasteiger partial charge >= 0.3 is 0 Å². The lowest BCUT2D eigenvalue weighted by Gasteiger charge is -2.30. The number of nitrogens with one attached hydrogen (secondary N) is 2. The third-order valence-corrected chi connectivity index (χ3v) is 5.99. The van der Waals surface area contributed by atoms with E-state index in [0.29, 0.717) is 28.2 Å². The van der Waals surface area contributed by atoms with Crippen molar-refractivity contribution in [3.05, 3.63) is 45.0 Å². The van der Waals surface area contributed by atoms with Crippen molar-refractivity contribution in [1.82, 2.24) is 24.8 Å². The van der Waals surface area contributed by atoms with Gasteiger partial charge in [0.1, 0.15) is 23.3 Å². The molecule has 166 valence electrons. The summed E-state index contributed by atoms with van der Waals surface area (Å²) in [7, 11) is 0. The molecule has 0 spiro atoms. The quantitative estimate of drug-likeness (QED) is 0.454. The van der Waals surface area contributed by atoms with Gasteiger partial charge in [-0.25, -0.2) is 4.98 Å². The van der Waals surface area contributed by atoms with Crippen molar-refractivity contribution >= 4 is 40.1 Å². The monoisotopic (exact) mass is 453 g/mol. The molecule has 1 atom stereocenters. The number of hydrogen-bond donors (Lipinski definition) is 4. The highest BCUT2D eigenvalue weighted by Gasteiger charge is 2.27. The Kier molecular flexibility index (Phi) is 6.12.